The first kappa shape index (κ1) is 14.9. The molecule has 1 N–H and O–H groups in total. The molecule has 2 aromatic carbocycles. The first-order valence-electron chi connectivity index (χ1n) is 5.63. The Hall–Kier alpha value is -1.48. The third kappa shape index (κ3) is 3.54. The van der Waals surface area contributed by atoms with Crippen LogP contribution in [0, 0.1) is 0 Å². The Labute approximate surface area is 131 Å². The number of aromatic hydroxyl groups is 1. The highest BCUT2D eigenvalue weighted by atomic mass is 35.5. The molecule has 0 aliphatic rings. The molecule has 2 nitrogen and oxygen atoms in total. The predicted octanol–water partition coefficient (Wildman–Crippen LogP) is 5.25. The highest BCUT2D eigenvalue weighted by Crippen LogP contribution is 2.31. The summed E-state index contributed by atoms with van der Waals surface area (Å²) in [5.41, 5.74) is 0.878. The lowest BCUT2D eigenvalue weighted by molar-refractivity contribution is 0.104. The van der Waals surface area contributed by atoms with Gasteiger partial charge in [0.15, 0.2) is 5.78 Å². The van der Waals surface area contributed by atoms with E-state index < -0.39 is 0 Å². The van der Waals surface area contributed by atoms with E-state index in [0.717, 1.165) is 5.56 Å². The zero-order chi connectivity index (χ0) is 14.7. The molecular formula is C15H9Cl3O2. The van der Waals surface area contributed by atoms with Gasteiger partial charge in [-0.1, -0.05) is 53.0 Å². The summed E-state index contributed by atoms with van der Waals surface area (Å²) in [6, 6.07) is 9.74. The number of benzene rings is 2. The third-order valence-electron chi connectivity index (χ3n) is 2.59. The van der Waals surface area contributed by atoms with Crippen molar-refractivity contribution in [3.05, 3.63) is 68.7 Å². The van der Waals surface area contributed by atoms with Crippen LogP contribution in [0.15, 0.2) is 42.5 Å². The van der Waals surface area contributed by atoms with Crippen LogP contribution in [0.3, 0.4) is 0 Å². The van der Waals surface area contributed by atoms with Crippen LogP contribution in [0.4, 0.5) is 0 Å². The standard InChI is InChI=1S/C15H9Cl3O2/c16-10-4-1-9(2-5-10)3-6-14(19)12-7-11(17)8-13(18)15(12)20/h1-8,20H/b6-3+. The maximum Gasteiger partial charge on any atom is 0.189 e. The molecule has 0 aromatic heterocycles. The second-order valence-electron chi connectivity index (χ2n) is 4.03. The zero-order valence-electron chi connectivity index (χ0n) is 10.1. The van der Waals surface area contributed by atoms with Crippen LogP contribution in [0.1, 0.15) is 15.9 Å². The van der Waals surface area contributed by atoms with Crippen molar-refractivity contribution in [2.24, 2.45) is 0 Å². The molecular weight excluding hydrogens is 319 g/mol. The molecule has 2 aromatic rings. The van der Waals surface area contributed by atoms with E-state index in [9.17, 15) is 9.90 Å². The molecule has 2 rings (SSSR count). The summed E-state index contributed by atoms with van der Waals surface area (Å²) in [4.78, 5) is 12.0. The van der Waals surface area contributed by atoms with Crippen LogP contribution in [-0.2, 0) is 0 Å². The molecule has 0 radical (unpaired) electrons. The van der Waals surface area contributed by atoms with E-state index in [4.69, 9.17) is 34.8 Å². The summed E-state index contributed by atoms with van der Waals surface area (Å²) >= 11 is 17.4. The van der Waals surface area contributed by atoms with E-state index in [2.05, 4.69) is 0 Å². The van der Waals surface area contributed by atoms with Gasteiger partial charge in [-0.3, -0.25) is 4.79 Å². The lowest BCUT2D eigenvalue weighted by Gasteiger charge is -2.03. The van der Waals surface area contributed by atoms with Gasteiger partial charge in [-0.15, -0.1) is 0 Å². The van der Waals surface area contributed by atoms with Crippen molar-refractivity contribution in [3.63, 3.8) is 0 Å². The molecule has 0 spiro atoms. The normalized spacial score (nSPS) is 10.9. The minimum Gasteiger partial charge on any atom is -0.506 e. The van der Waals surface area contributed by atoms with Gasteiger partial charge in [0.1, 0.15) is 5.75 Å². The molecule has 0 heterocycles. The van der Waals surface area contributed by atoms with Crippen molar-refractivity contribution in [3.8, 4) is 5.75 Å². The predicted molar refractivity (Wildman–Crippen MR) is 82.9 cm³/mol. The highest BCUT2D eigenvalue weighted by molar-refractivity contribution is 6.36. The Morgan fingerprint density at radius 2 is 1.65 bits per heavy atom. The van der Waals surface area contributed by atoms with Crippen LogP contribution < -0.4 is 0 Å². The smallest absolute Gasteiger partial charge is 0.189 e. The minimum absolute atomic E-state index is 0.0424. The number of carbonyl (C=O) groups excluding carboxylic acids is 1. The largest absolute Gasteiger partial charge is 0.506 e. The van der Waals surface area contributed by atoms with Crippen LogP contribution in [-0.4, -0.2) is 10.9 Å². The van der Waals surface area contributed by atoms with Crippen LogP contribution in [0.5, 0.6) is 5.75 Å². The van der Waals surface area contributed by atoms with Gasteiger partial charge in [-0.2, -0.15) is 0 Å². The number of rotatable bonds is 3. The number of carbonyl (C=O) groups is 1. The Morgan fingerprint density at radius 1 is 1.00 bits per heavy atom. The fourth-order valence-corrected chi connectivity index (χ4v) is 2.21. The lowest BCUT2D eigenvalue weighted by Crippen LogP contribution is -1.95. The maximum absolute atomic E-state index is 12.0. The number of allylic oxidation sites excluding steroid dienone is 1. The Kier molecular flexibility index (Phi) is 4.71. The van der Waals surface area contributed by atoms with E-state index in [0.29, 0.717) is 5.02 Å². The molecule has 0 amide bonds. The summed E-state index contributed by atoms with van der Waals surface area (Å²) in [6.07, 6.45) is 2.96. The van der Waals surface area contributed by atoms with Crippen LogP contribution in [0.2, 0.25) is 15.1 Å². The van der Waals surface area contributed by atoms with Gasteiger partial charge in [0.2, 0.25) is 0 Å². The average Bonchev–Trinajstić information content (AvgIpc) is 2.42. The number of halogens is 3. The minimum atomic E-state index is -0.387. The molecule has 0 saturated carbocycles. The summed E-state index contributed by atoms with van der Waals surface area (Å²) in [6.45, 7) is 0. The van der Waals surface area contributed by atoms with E-state index in [1.54, 1.807) is 30.3 Å². The van der Waals surface area contributed by atoms with Crippen LogP contribution >= 0.6 is 34.8 Å². The first-order valence-corrected chi connectivity index (χ1v) is 6.77. The number of hydrogen-bond donors (Lipinski definition) is 1. The zero-order valence-corrected chi connectivity index (χ0v) is 12.4. The summed E-state index contributed by atoms with van der Waals surface area (Å²) < 4.78 is 0. The molecule has 20 heavy (non-hydrogen) atoms. The van der Waals surface area contributed by atoms with Crippen molar-refractivity contribution in [2.45, 2.75) is 0 Å². The van der Waals surface area contributed by atoms with Gasteiger partial charge in [-0.25, -0.2) is 0 Å². The topological polar surface area (TPSA) is 37.3 Å². The molecule has 0 atom stereocenters. The first-order chi connectivity index (χ1) is 9.47. The molecule has 0 fully saturated rings. The number of phenolic OH excluding ortho intramolecular Hbond substituents is 1. The second-order valence-corrected chi connectivity index (χ2v) is 5.31. The monoisotopic (exact) mass is 326 g/mol. The fourth-order valence-electron chi connectivity index (χ4n) is 1.59. The van der Waals surface area contributed by atoms with E-state index in [1.807, 2.05) is 0 Å². The van der Waals surface area contributed by atoms with Crippen LogP contribution in [0.25, 0.3) is 6.08 Å². The molecule has 0 bridgehead atoms. The van der Waals surface area contributed by atoms with Gasteiger partial charge in [0, 0.05) is 10.0 Å². The van der Waals surface area contributed by atoms with E-state index in [1.165, 1.54) is 18.2 Å². The molecule has 5 heteroatoms. The third-order valence-corrected chi connectivity index (χ3v) is 3.35. The van der Waals surface area contributed by atoms with Crippen molar-refractivity contribution in [1.82, 2.24) is 0 Å². The Bertz CT molecular complexity index is 676. The van der Waals surface area contributed by atoms with Gasteiger partial charge >= 0.3 is 0 Å². The van der Waals surface area contributed by atoms with Gasteiger partial charge < -0.3 is 5.11 Å². The lowest BCUT2D eigenvalue weighted by atomic mass is 10.1. The van der Waals surface area contributed by atoms with Gasteiger partial charge in [-0.05, 0) is 35.9 Å². The Morgan fingerprint density at radius 3 is 2.30 bits per heavy atom. The van der Waals surface area contributed by atoms with Gasteiger partial charge in [0.25, 0.3) is 0 Å². The maximum atomic E-state index is 12.0. The summed E-state index contributed by atoms with van der Waals surface area (Å²) in [5, 5.41) is 10.7. The van der Waals surface area contributed by atoms with Crippen molar-refractivity contribution in [2.75, 3.05) is 0 Å². The number of ketones is 1. The van der Waals surface area contributed by atoms with Crippen molar-refractivity contribution < 1.29 is 9.90 Å². The molecule has 102 valence electrons. The molecule has 0 aliphatic carbocycles. The fraction of sp³-hybridized carbons (Fsp3) is 0. The summed E-state index contributed by atoms with van der Waals surface area (Å²) in [5.74, 6) is -0.663. The van der Waals surface area contributed by atoms with Crippen molar-refractivity contribution >= 4 is 46.7 Å². The Balaban J connectivity index is 2.26. The number of hydrogen-bond acceptors (Lipinski definition) is 2. The average molecular weight is 328 g/mol. The molecule has 0 aliphatic heterocycles. The van der Waals surface area contributed by atoms with Gasteiger partial charge in [0.05, 0.1) is 10.6 Å². The van der Waals surface area contributed by atoms with E-state index >= 15 is 0 Å². The van der Waals surface area contributed by atoms with Crippen molar-refractivity contribution in [1.29, 1.82) is 0 Å². The summed E-state index contributed by atoms with van der Waals surface area (Å²) in [7, 11) is 0. The molecule has 0 unspecified atom stereocenters. The SMILES string of the molecule is O=C(/C=C/c1ccc(Cl)cc1)c1cc(Cl)cc(Cl)c1O. The second kappa shape index (κ2) is 6.31. The molecule has 0 saturated heterocycles. The quantitative estimate of drug-likeness (QED) is 0.617. The number of phenols is 1. The highest BCUT2D eigenvalue weighted by Gasteiger charge is 2.13. The van der Waals surface area contributed by atoms with E-state index in [-0.39, 0.29) is 27.1 Å².